The van der Waals surface area contributed by atoms with E-state index in [1.807, 2.05) is 42.6 Å². The van der Waals surface area contributed by atoms with Crippen LogP contribution in [0.5, 0.6) is 0 Å². The lowest BCUT2D eigenvalue weighted by molar-refractivity contribution is 0.0988. The summed E-state index contributed by atoms with van der Waals surface area (Å²) in [5.74, 6) is -0.0566. The lowest BCUT2D eigenvalue weighted by Crippen LogP contribution is -2.30. The van der Waals surface area contributed by atoms with E-state index < -0.39 is 0 Å². The molecule has 4 nitrogen and oxygen atoms in total. The van der Waals surface area contributed by atoms with Crippen LogP contribution >= 0.6 is 11.3 Å². The molecule has 3 rings (SSSR count). The maximum absolute atomic E-state index is 12.6. The second-order valence-corrected chi connectivity index (χ2v) is 5.50. The van der Waals surface area contributed by atoms with E-state index in [1.165, 1.54) is 11.3 Å². The van der Waals surface area contributed by atoms with Gasteiger partial charge in [0.2, 0.25) is 0 Å². The smallest absolute Gasteiger partial charge is 0.260 e. The van der Waals surface area contributed by atoms with Crippen LogP contribution in [0.2, 0.25) is 0 Å². The van der Waals surface area contributed by atoms with Gasteiger partial charge in [0.25, 0.3) is 5.91 Å². The van der Waals surface area contributed by atoms with Gasteiger partial charge in [0.1, 0.15) is 0 Å². The molecule has 0 aliphatic rings. The van der Waals surface area contributed by atoms with Gasteiger partial charge in [0, 0.05) is 35.4 Å². The quantitative estimate of drug-likeness (QED) is 0.735. The highest BCUT2D eigenvalue weighted by molar-refractivity contribution is 7.14. The van der Waals surface area contributed by atoms with Crippen LogP contribution in [0.25, 0.3) is 11.3 Å². The highest BCUT2D eigenvalue weighted by atomic mass is 32.1. The summed E-state index contributed by atoms with van der Waals surface area (Å²) in [5, 5.41) is 2.69. The molecule has 0 N–H and O–H groups in total. The average molecular weight is 309 g/mol. The standard InChI is InChI=1S/C17H15N3OS/c1-2-20(16(21)14-8-10-18-11-9-14)17-19-15(12-22-17)13-6-4-3-5-7-13/h3-12H,2H2,1H3. The van der Waals surface area contributed by atoms with Crippen molar-refractivity contribution >= 4 is 22.4 Å². The number of anilines is 1. The summed E-state index contributed by atoms with van der Waals surface area (Å²) in [5.41, 5.74) is 2.56. The number of nitrogens with zero attached hydrogens (tertiary/aromatic N) is 3. The summed E-state index contributed by atoms with van der Waals surface area (Å²) in [4.78, 5) is 22.8. The van der Waals surface area contributed by atoms with Crippen LogP contribution in [0.4, 0.5) is 5.13 Å². The molecule has 0 saturated heterocycles. The fourth-order valence-electron chi connectivity index (χ4n) is 2.15. The molecule has 2 aromatic heterocycles. The molecule has 3 aromatic rings. The summed E-state index contributed by atoms with van der Waals surface area (Å²) in [6.45, 7) is 2.52. The third-order valence-corrected chi connectivity index (χ3v) is 4.14. The van der Waals surface area contributed by atoms with Crippen molar-refractivity contribution in [1.82, 2.24) is 9.97 Å². The zero-order valence-electron chi connectivity index (χ0n) is 12.1. The lowest BCUT2D eigenvalue weighted by Gasteiger charge is -2.17. The van der Waals surface area contributed by atoms with Crippen LogP contribution in [-0.2, 0) is 0 Å². The Morgan fingerprint density at radius 1 is 1.14 bits per heavy atom. The van der Waals surface area contributed by atoms with Gasteiger partial charge >= 0.3 is 0 Å². The van der Waals surface area contributed by atoms with Gasteiger partial charge < -0.3 is 0 Å². The van der Waals surface area contributed by atoms with Gasteiger partial charge in [0.15, 0.2) is 5.13 Å². The maximum Gasteiger partial charge on any atom is 0.260 e. The van der Waals surface area contributed by atoms with E-state index >= 15 is 0 Å². The molecule has 5 heteroatoms. The van der Waals surface area contributed by atoms with E-state index in [9.17, 15) is 4.79 Å². The SMILES string of the molecule is CCN(C(=O)c1ccncc1)c1nc(-c2ccccc2)cs1. The highest BCUT2D eigenvalue weighted by Crippen LogP contribution is 2.28. The Morgan fingerprint density at radius 2 is 1.86 bits per heavy atom. The molecular formula is C17H15N3OS. The van der Waals surface area contributed by atoms with E-state index in [-0.39, 0.29) is 5.91 Å². The van der Waals surface area contributed by atoms with E-state index in [0.29, 0.717) is 17.2 Å². The third kappa shape index (κ3) is 2.89. The van der Waals surface area contributed by atoms with Crippen molar-refractivity contribution in [3.63, 3.8) is 0 Å². The molecule has 0 aliphatic carbocycles. The molecule has 0 aliphatic heterocycles. The first-order chi connectivity index (χ1) is 10.8. The first kappa shape index (κ1) is 14.4. The van der Waals surface area contributed by atoms with E-state index in [0.717, 1.165) is 11.3 Å². The van der Waals surface area contributed by atoms with Crippen LogP contribution in [-0.4, -0.2) is 22.4 Å². The predicted molar refractivity (Wildman–Crippen MR) is 89.1 cm³/mol. The van der Waals surface area contributed by atoms with Crippen molar-refractivity contribution in [3.05, 3.63) is 65.8 Å². The Labute approximate surface area is 133 Å². The largest absolute Gasteiger partial charge is 0.284 e. The number of carbonyl (C=O) groups excluding carboxylic acids is 1. The Morgan fingerprint density at radius 3 is 2.55 bits per heavy atom. The fourth-order valence-corrected chi connectivity index (χ4v) is 3.04. The molecule has 1 amide bonds. The van der Waals surface area contributed by atoms with Gasteiger partial charge in [-0.1, -0.05) is 30.3 Å². The molecular weight excluding hydrogens is 294 g/mol. The van der Waals surface area contributed by atoms with Gasteiger partial charge in [-0.3, -0.25) is 14.7 Å². The van der Waals surface area contributed by atoms with Gasteiger partial charge in [-0.05, 0) is 19.1 Å². The number of thiazole rings is 1. The Balaban J connectivity index is 1.89. The molecule has 0 unspecified atom stereocenters. The molecule has 0 radical (unpaired) electrons. The lowest BCUT2D eigenvalue weighted by atomic mass is 10.2. The van der Waals surface area contributed by atoms with Crippen LogP contribution in [0.1, 0.15) is 17.3 Å². The molecule has 2 heterocycles. The molecule has 0 atom stereocenters. The number of pyridine rings is 1. The van der Waals surface area contributed by atoms with E-state index in [2.05, 4.69) is 9.97 Å². The van der Waals surface area contributed by atoms with Crippen molar-refractivity contribution < 1.29 is 4.79 Å². The van der Waals surface area contributed by atoms with Crippen LogP contribution in [0.3, 0.4) is 0 Å². The van der Waals surface area contributed by atoms with Crippen molar-refractivity contribution in [2.45, 2.75) is 6.92 Å². The normalized spacial score (nSPS) is 10.4. The van der Waals surface area contributed by atoms with Crippen LogP contribution in [0.15, 0.2) is 60.2 Å². The Hall–Kier alpha value is -2.53. The van der Waals surface area contributed by atoms with Gasteiger partial charge in [-0.25, -0.2) is 4.98 Å². The minimum atomic E-state index is -0.0566. The average Bonchev–Trinajstić information content (AvgIpc) is 3.07. The minimum absolute atomic E-state index is 0.0566. The summed E-state index contributed by atoms with van der Waals surface area (Å²) in [6, 6.07) is 13.4. The van der Waals surface area contributed by atoms with Crippen molar-refractivity contribution in [2.75, 3.05) is 11.4 Å². The van der Waals surface area contributed by atoms with Gasteiger partial charge in [-0.15, -0.1) is 11.3 Å². The first-order valence-corrected chi connectivity index (χ1v) is 7.90. The number of benzene rings is 1. The number of carbonyl (C=O) groups is 1. The predicted octanol–water partition coefficient (Wildman–Crippen LogP) is 3.87. The fraction of sp³-hybridized carbons (Fsp3) is 0.118. The second kappa shape index (κ2) is 6.49. The summed E-state index contributed by atoms with van der Waals surface area (Å²) >= 11 is 1.48. The number of hydrogen-bond donors (Lipinski definition) is 0. The summed E-state index contributed by atoms with van der Waals surface area (Å²) < 4.78 is 0. The van der Waals surface area contributed by atoms with Crippen molar-refractivity contribution in [3.8, 4) is 11.3 Å². The molecule has 0 spiro atoms. The van der Waals surface area contributed by atoms with Crippen molar-refractivity contribution in [1.29, 1.82) is 0 Å². The Kier molecular flexibility index (Phi) is 4.25. The molecule has 22 heavy (non-hydrogen) atoms. The minimum Gasteiger partial charge on any atom is -0.284 e. The van der Waals surface area contributed by atoms with Gasteiger partial charge in [0.05, 0.1) is 5.69 Å². The van der Waals surface area contributed by atoms with Crippen LogP contribution < -0.4 is 4.90 Å². The van der Waals surface area contributed by atoms with Crippen molar-refractivity contribution in [2.24, 2.45) is 0 Å². The number of hydrogen-bond acceptors (Lipinski definition) is 4. The van der Waals surface area contributed by atoms with Gasteiger partial charge in [-0.2, -0.15) is 0 Å². The summed E-state index contributed by atoms with van der Waals surface area (Å²) in [7, 11) is 0. The van der Waals surface area contributed by atoms with E-state index in [4.69, 9.17) is 0 Å². The molecule has 0 bridgehead atoms. The zero-order valence-corrected chi connectivity index (χ0v) is 13.0. The molecule has 0 fully saturated rings. The molecule has 1 aromatic carbocycles. The number of aromatic nitrogens is 2. The zero-order chi connectivity index (χ0) is 15.4. The molecule has 0 saturated carbocycles. The third-order valence-electron chi connectivity index (χ3n) is 3.28. The topological polar surface area (TPSA) is 46.1 Å². The molecule has 110 valence electrons. The van der Waals surface area contributed by atoms with E-state index in [1.54, 1.807) is 29.4 Å². The monoisotopic (exact) mass is 309 g/mol. The second-order valence-electron chi connectivity index (χ2n) is 4.67. The first-order valence-electron chi connectivity index (χ1n) is 7.02. The maximum atomic E-state index is 12.6. The number of amides is 1. The highest BCUT2D eigenvalue weighted by Gasteiger charge is 2.19. The summed E-state index contributed by atoms with van der Waals surface area (Å²) in [6.07, 6.45) is 3.25. The van der Waals surface area contributed by atoms with Crippen LogP contribution in [0, 0.1) is 0 Å². The number of rotatable bonds is 4. The Bertz CT molecular complexity index is 756.